The predicted molar refractivity (Wildman–Crippen MR) is 87.1 cm³/mol. The van der Waals surface area contributed by atoms with Crippen LogP contribution in [0.3, 0.4) is 0 Å². The molecule has 0 saturated heterocycles. The quantitative estimate of drug-likeness (QED) is 0.770. The number of ether oxygens (including phenoxy) is 1. The van der Waals surface area contributed by atoms with Crippen molar-refractivity contribution in [3.8, 4) is 5.75 Å². The fourth-order valence-electron chi connectivity index (χ4n) is 2.11. The molecule has 0 unspecified atom stereocenters. The SMILES string of the molecule is CNc1nc(Nc2ccc(OC)c(Cl)c2)c2cnn(C)c2n1. The van der Waals surface area contributed by atoms with E-state index in [1.807, 2.05) is 13.1 Å². The van der Waals surface area contributed by atoms with Gasteiger partial charge in [-0.1, -0.05) is 11.6 Å². The van der Waals surface area contributed by atoms with Crippen LogP contribution >= 0.6 is 11.6 Å². The highest BCUT2D eigenvalue weighted by Gasteiger charge is 2.12. The minimum Gasteiger partial charge on any atom is -0.495 e. The van der Waals surface area contributed by atoms with Gasteiger partial charge in [-0.25, -0.2) is 0 Å². The number of hydrogen-bond donors (Lipinski definition) is 2. The monoisotopic (exact) mass is 318 g/mol. The van der Waals surface area contributed by atoms with Crippen molar-refractivity contribution in [2.45, 2.75) is 0 Å². The van der Waals surface area contributed by atoms with E-state index >= 15 is 0 Å². The van der Waals surface area contributed by atoms with Crippen LogP contribution in [0, 0.1) is 0 Å². The lowest BCUT2D eigenvalue weighted by Gasteiger charge is -2.10. The van der Waals surface area contributed by atoms with Crippen molar-refractivity contribution >= 4 is 40.1 Å². The van der Waals surface area contributed by atoms with E-state index < -0.39 is 0 Å². The van der Waals surface area contributed by atoms with E-state index in [0.717, 1.165) is 16.7 Å². The van der Waals surface area contributed by atoms with Crippen molar-refractivity contribution in [1.29, 1.82) is 0 Å². The first-order valence-corrected chi connectivity index (χ1v) is 6.98. The highest BCUT2D eigenvalue weighted by atomic mass is 35.5. The van der Waals surface area contributed by atoms with E-state index in [9.17, 15) is 0 Å². The van der Waals surface area contributed by atoms with E-state index in [0.29, 0.717) is 22.5 Å². The number of nitrogens with zero attached hydrogens (tertiary/aromatic N) is 4. The summed E-state index contributed by atoms with van der Waals surface area (Å²) < 4.78 is 6.85. The van der Waals surface area contributed by atoms with Gasteiger partial charge >= 0.3 is 0 Å². The van der Waals surface area contributed by atoms with Gasteiger partial charge in [0.1, 0.15) is 11.6 Å². The third-order valence-corrected chi connectivity index (χ3v) is 3.53. The van der Waals surface area contributed by atoms with Gasteiger partial charge in [-0.2, -0.15) is 15.1 Å². The third-order valence-electron chi connectivity index (χ3n) is 3.23. The molecule has 3 aromatic rings. The molecule has 0 bridgehead atoms. The summed E-state index contributed by atoms with van der Waals surface area (Å²) in [5.74, 6) is 1.79. The van der Waals surface area contributed by atoms with Gasteiger partial charge in [0.15, 0.2) is 5.65 Å². The normalized spacial score (nSPS) is 10.7. The number of hydrogen-bond acceptors (Lipinski definition) is 6. The minimum absolute atomic E-state index is 0.512. The maximum atomic E-state index is 6.15. The fourth-order valence-corrected chi connectivity index (χ4v) is 2.37. The molecule has 0 fully saturated rings. The van der Waals surface area contributed by atoms with E-state index in [2.05, 4.69) is 25.7 Å². The Morgan fingerprint density at radius 2 is 2.09 bits per heavy atom. The van der Waals surface area contributed by atoms with Crippen molar-refractivity contribution in [2.24, 2.45) is 7.05 Å². The zero-order chi connectivity index (χ0) is 15.7. The van der Waals surface area contributed by atoms with Crippen molar-refractivity contribution < 1.29 is 4.74 Å². The summed E-state index contributed by atoms with van der Waals surface area (Å²) in [6.07, 6.45) is 1.72. The Balaban J connectivity index is 2.04. The zero-order valence-corrected chi connectivity index (χ0v) is 13.1. The van der Waals surface area contributed by atoms with E-state index in [1.54, 1.807) is 37.2 Å². The summed E-state index contributed by atoms with van der Waals surface area (Å²) in [4.78, 5) is 8.83. The molecule has 3 rings (SSSR count). The first-order chi connectivity index (χ1) is 10.6. The summed E-state index contributed by atoms with van der Waals surface area (Å²) in [6, 6.07) is 5.45. The maximum absolute atomic E-state index is 6.15. The van der Waals surface area contributed by atoms with Crippen LogP contribution in [-0.4, -0.2) is 33.9 Å². The van der Waals surface area contributed by atoms with E-state index in [-0.39, 0.29) is 0 Å². The highest BCUT2D eigenvalue weighted by Crippen LogP contribution is 2.30. The Hall–Kier alpha value is -2.54. The smallest absolute Gasteiger partial charge is 0.226 e. The third kappa shape index (κ3) is 2.50. The van der Waals surface area contributed by atoms with Crippen LogP contribution in [0.2, 0.25) is 5.02 Å². The standard InChI is InChI=1S/C14H15ClN6O/c1-16-14-19-12(9-7-17-21(2)13(9)20-14)18-8-4-5-11(22-3)10(15)6-8/h4-7H,1-3H3,(H2,16,18,19,20). The molecule has 114 valence electrons. The Kier molecular flexibility index (Phi) is 3.72. The minimum atomic E-state index is 0.512. The fraction of sp³-hybridized carbons (Fsp3) is 0.214. The largest absolute Gasteiger partial charge is 0.495 e. The number of fused-ring (bicyclic) bond motifs is 1. The van der Waals surface area contributed by atoms with Crippen LogP contribution in [-0.2, 0) is 7.05 Å². The molecule has 0 aliphatic carbocycles. The first-order valence-electron chi connectivity index (χ1n) is 6.60. The number of anilines is 3. The van der Waals surface area contributed by atoms with Crippen LogP contribution in [0.15, 0.2) is 24.4 Å². The number of nitrogens with one attached hydrogen (secondary N) is 2. The summed E-state index contributed by atoms with van der Waals surface area (Å²) in [5, 5.41) is 11.8. The van der Waals surface area contributed by atoms with Gasteiger partial charge in [-0.15, -0.1) is 0 Å². The molecule has 0 radical (unpaired) electrons. The molecule has 2 N–H and O–H groups in total. The van der Waals surface area contributed by atoms with Gasteiger partial charge < -0.3 is 15.4 Å². The molecule has 2 heterocycles. The first kappa shape index (κ1) is 14.4. The van der Waals surface area contributed by atoms with E-state index in [4.69, 9.17) is 16.3 Å². The molecule has 0 atom stereocenters. The summed E-state index contributed by atoms with van der Waals surface area (Å²) >= 11 is 6.15. The molecule has 0 spiro atoms. The average Bonchev–Trinajstić information content (AvgIpc) is 2.89. The Labute approximate surface area is 132 Å². The molecule has 1 aromatic carbocycles. The summed E-state index contributed by atoms with van der Waals surface area (Å²) in [6.45, 7) is 0. The molecule has 8 heteroatoms. The van der Waals surface area contributed by atoms with Crippen molar-refractivity contribution in [1.82, 2.24) is 19.7 Å². The van der Waals surface area contributed by atoms with E-state index in [1.165, 1.54) is 0 Å². The lowest BCUT2D eigenvalue weighted by Crippen LogP contribution is -2.03. The summed E-state index contributed by atoms with van der Waals surface area (Å²) in [7, 11) is 5.19. The predicted octanol–water partition coefficient (Wildman–Crippen LogP) is 2.81. The van der Waals surface area contributed by atoms with Gasteiger partial charge in [0.25, 0.3) is 0 Å². The van der Waals surface area contributed by atoms with Gasteiger partial charge in [0.2, 0.25) is 5.95 Å². The maximum Gasteiger partial charge on any atom is 0.226 e. The second-order valence-electron chi connectivity index (χ2n) is 4.63. The van der Waals surface area contributed by atoms with Crippen molar-refractivity contribution in [3.05, 3.63) is 29.4 Å². The molecular weight excluding hydrogens is 304 g/mol. The van der Waals surface area contributed by atoms with Crippen LogP contribution in [0.4, 0.5) is 17.5 Å². The van der Waals surface area contributed by atoms with Crippen molar-refractivity contribution in [2.75, 3.05) is 24.8 Å². The zero-order valence-electron chi connectivity index (χ0n) is 12.4. The van der Waals surface area contributed by atoms with Crippen LogP contribution < -0.4 is 15.4 Å². The molecule has 0 saturated carbocycles. The number of benzene rings is 1. The lowest BCUT2D eigenvalue weighted by molar-refractivity contribution is 0.415. The van der Waals surface area contributed by atoms with Crippen LogP contribution in [0.1, 0.15) is 0 Å². The topological polar surface area (TPSA) is 76.9 Å². The molecule has 7 nitrogen and oxygen atoms in total. The molecule has 0 aliphatic heterocycles. The Morgan fingerprint density at radius 3 is 2.77 bits per heavy atom. The molecule has 2 aromatic heterocycles. The summed E-state index contributed by atoms with van der Waals surface area (Å²) in [5.41, 5.74) is 1.54. The van der Waals surface area contributed by atoms with Gasteiger partial charge in [-0.3, -0.25) is 4.68 Å². The Bertz CT molecular complexity index is 832. The highest BCUT2D eigenvalue weighted by molar-refractivity contribution is 6.32. The number of rotatable bonds is 4. The van der Waals surface area contributed by atoms with Gasteiger partial charge in [-0.05, 0) is 18.2 Å². The van der Waals surface area contributed by atoms with Gasteiger partial charge in [0.05, 0.1) is 23.7 Å². The number of methoxy groups -OCH3 is 1. The van der Waals surface area contributed by atoms with Crippen LogP contribution in [0.25, 0.3) is 11.0 Å². The Morgan fingerprint density at radius 1 is 1.27 bits per heavy atom. The lowest BCUT2D eigenvalue weighted by atomic mass is 10.3. The molecule has 22 heavy (non-hydrogen) atoms. The van der Waals surface area contributed by atoms with Crippen LogP contribution in [0.5, 0.6) is 5.75 Å². The van der Waals surface area contributed by atoms with Gasteiger partial charge in [0, 0.05) is 19.8 Å². The number of halogens is 1. The second-order valence-corrected chi connectivity index (χ2v) is 5.03. The molecular formula is C14H15ClN6O. The molecule has 0 amide bonds. The number of aryl methyl sites for hydroxylation is 1. The number of aromatic nitrogens is 4. The van der Waals surface area contributed by atoms with Crippen molar-refractivity contribution in [3.63, 3.8) is 0 Å². The molecule has 0 aliphatic rings. The average molecular weight is 319 g/mol. The second kappa shape index (κ2) is 5.69.